The normalized spacial score (nSPS) is 16.4. The lowest BCUT2D eigenvalue weighted by atomic mass is 9.92. The number of nitrogens with zero attached hydrogens (tertiary/aromatic N) is 3. The molecule has 1 saturated carbocycles. The number of aromatic nitrogens is 2. The first-order valence-corrected chi connectivity index (χ1v) is 6.41. The molecule has 0 atom stereocenters. The van der Waals surface area contributed by atoms with Crippen LogP contribution in [0.1, 0.15) is 32.0 Å². The lowest BCUT2D eigenvalue weighted by molar-refractivity contribution is 0.387. The fourth-order valence-corrected chi connectivity index (χ4v) is 2.63. The van der Waals surface area contributed by atoms with E-state index in [1.165, 1.54) is 30.8 Å². The Hall–Kier alpha value is -0.680. The van der Waals surface area contributed by atoms with E-state index in [-0.39, 0.29) is 0 Å². The zero-order valence-corrected chi connectivity index (χ0v) is 9.96. The van der Waals surface area contributed by atoms with Gasteiger partial charge in [-0.3, -0.25) is 0 Å². The summed E-state index contributed by atoms with van der Waals surface area (Å²) in [4.78, 5) is 6.86. The van der Waals surface area contributed by atoms with Crippen molar-refractivity contribution < 1.29 is 0 Å². The van der Waals surface area contributed by atoms with Crippen LogP contribution in [0.15, 0.2) is 0 Å². The maximum Gasteiger partial charge on any atom is 0.205 e. The molecule has 1 aliphatic carbocycles. The highest BCUT2D eigenvalue weighted by molar-refractivity contribution is 7.09. The summed E-state index contributed by atoms with van der Waals surface area (Å²) in [6.07, 6.45) is 4.81. The lowest BCUT2D eigenvalue weighted by Crippen LogP contribution is -2.43. The summed E-state index contributed by atoms with van der Waals surface area (Å²) in [7, 11) is 0. The third-order valence-electron chi connectivity index (χ3n) is 2.90. The molecule has 0 bridgehead atoms. The molecule has 1 aromatic rings. The summed E-state index contributed by atoms with van der Waals surface area (Å²) in [6.45, 7) is 3.68. The fourth-order valence-electron chi connectivity index (χ4n) is 1.78. The van der Waals surface area contributed by atoms with E-state index < -0.39 is 0 Å². The second kappa shape index (κ2) is 4.90. The van der Waals surface area contributed by atoms with Crippen LogP contribution in [0.3, 0.4) is 0 Å². The Bertz CT molecular complexity index is 308. The molecule has 0 amide bonds. The number of anilines is 1. The van der Waals surface area contributed by atoms with Gasteiger partial charge in [-0.05, 0) is 19.3 Å². The van der Waals surface area contributed by atoms with Gasteiger partial charge in [-0.2, -0.15) is 4.37 Å². The Kier molecular flexibility index (Phi) is 3.53. The molecule has 5 heteroatoms. The van der Waals surface area contributed by atoms with E-state index in [1.54, 1.807) is 0 Å². The maximum atomic E-state index is 5.64. The van der Waals surface area contributed by atoms with Crippen molar-refractivity contribution in [2.24, 2.45) is 5.73 Å². The first-order chi connectivity index (χ1) is 7.35. The van der Waals surface area contributed by atoms with Gasteiger partial charge >= 0.3 is 0 Å². The summed E-state index contributed by atoms with van der Waals surface area (Å²) < 4.78 is 4.33. The van der Waals surface area contributed by atoms with Gasteiger partial charge in [0.1, 0.15) is 5.82 Å². The van der Waals surface area contributed by atoms with Gasteiger partial charge in [0.05, 0.1) is 0 Å². The van der Waals surface area contributed by atoms with Crippen LogP contribution >= 0.6 is 11.5 Å². The smallest absolute Gasteiger partial charge is 0.205 e. The molecular formula is C10H18N4S. The predicted octanol–water partition coefficient (Wildman–Crippen LogP) is 1.42. The van der Waals surface area contributed by atoms with Crippen LogP contribution in [-0.4, -0.2) is 28.5 Å². The SMILES string of the molecule is CCc1nsc(N(CCN)C2CCC2)n1. The molecule has 0 aliphatic heterocycles. The van der Waals surface area contributed by atoms with E-state index in [0.29, 0.717) is 12.6 Å². The number of hydrogen-bond acceptors (Lipinski definition) is 5. The van der Waals surface area contributed by atoms with Gasteiger partial charge in [-0.15, -0.1) is 0 Å². The first kappa shape index (κ1) is 10.8. The monoisotopic (exact) mass is 226 g/mol. The minimum atomic E-state index is 0.659. The van der Waals surface area contributed by atoms with Gasteiger partial charge in [0.15, 0.2) is 0 Å². The quantitative estimate of drug-likeness (QED) is 0.825. The third kappa shape index (κ3) is 2.29. The van der Waals surface area contributed by atoms with Crippen LogP contribution in [0.4, 0.5) is 5.13 Å². The molecular weight excluding hydrogens is 208 g/mol. The van der Waals surface area contributed by atoms with Crippen molar-refractivity contribution in [3.8, 4) is 0 Å². The van der Waals surface area contributed by atoms with Crippen molar-refractivity contribution in [2.45, 2.75) is 38.6 Å². The Morgan fingerprint density at radius 1 is 1.53 bits per heavy atom. The average Bonchev–Trinajstić information content (AvgIpc) is 2.62. The summed E-state index contributed by atoms with van der Waals surface area (Å²) in [5.41, 5.74) is 5.64. The molecule has 2 N–H and O–H groups in total. The van der Waals surface area contributed by atoms with Gasteiger partial charge in [0.2, 0.25) is 5.13 Å². The largest absolute Gasteiger partial charge is 0.343 e. The summed E-state index contributed by atoms with van der Waals surface area (Å²) in [5, 5.41) is 1.06. The van der Waals surface area contributed by atoms with Gasteiger partial charge in [-0.25, -0.2) is 4.98 Å². The van der Waals surface area contributed by atoms with Crippen LogP contribution in [0.5, 0.6) is 0 Å². The number of rotatable bonds is 5. The van der Waals surface area contributed by atoms with Crippen LogP contribution in [0, 0.1) is 0 Å². The molecule has 1 heterocycles. The minimum absolute atomic E-state index is 0.659. The van der Waals surface area contributed by atoms with E-state index in [0.717, 1.165) is 23.9 Å². The van der Waals surface area contributed by atoms with Crippen molar-refractivity contribution in [3.05, 3.63) is 5.82 Å². The zero-order valence-electron chi connectivity index (χ0n) is 9.15. The molecule has 15 heavy (non-hydrogen) atoms. The first-order valence-electron chi connectivity index (χ1n) is 5.64. The zero-order chi connectivity index (χ0) is 10.7. The van der Waals surface area contributed by atoms with Crippen molar-refractivity contribution in [1.82, 2.24) is 9.36 Å². The van der Waals surface area contributed by atoms with E-state index >= 15 is 0 Å². The van der Waals surface area contributed by atoms with E-state index in [4.69, 9.17) is 5.73 Å². The highest BCUT2D eigenvalue weighted by atomic mass is 32.1. The molecule has 0 unspecified atom stereocenters. The standard InChI is InChI=1S/C10H18N4S/c1-2-9-12-10(15-13-9)14(7-6-11)8-4-3-5-8/h8H,2-7,11H2,1H3. The summed E-state index contributed by atoms with van der Waals surface area (Å²) in [5.74, 6) is 0.955. The van der Waals surface area contributed by atoms with E-state index in [1.807, 2.05) is 0 Å². The molecule has 2 rings (SSSR count). The van der Waals surface area contributed by atoms with Crippen LogP contribution in [0.2, 0.25) is 0 Å². The minimum Gasteiger partial charge on any atom is -0.343 e. The Morgan fingerprint density at radius 3 is 2.80 bits per heavy atom. The van der Waals surface area contributed by atoms with Crippen molar-refractivity contribution in [2.75, 3.05) is 18.0 Å². The molecule has 1 fully saturated rings. The van der Waals surface area contributed by atoms with Crippen LogP contribution in [-0.2, 0) is 6.42 Å². The fraction of sp³-hybridized carbons (Fsp3) is 0.800. The lowest BCUT2D eigenvalue weighted by Gasteiger charge is -2.36. The Labute approximate surface area is 94.7 Å². The average molecular weight is 226 g/mol. The maximum absolute atomic E-state index is 5.64. The topological polar surface area (TPSA) is 55.0 Å². The highest BCUT2D eigenvalue weighted by Crippen LogP contribution is 2.30. The van der Waals surface area contributed by atoms with E-state index in [2.05, 4.69) is 21.2 Å². The van der Waals surface area contributed by atoms with Gasteiger partial charge in [0.25, 0.3) is 0 Å². The molecule has 4 nitrogen and oxygen atoms in total. The van der Waals surface area contributed by atoms with Gasteiger partial charge < -0.3 is 10.6 Å². The van der Waals surface area contributed by atoms with Gasteiger partial charge in [0, 0.05) is 37.1 Å². The molecule has 84 valence electrons. The molecule has 1 aromatic heterocycles. The van der Waals surface area contributed by atoms with Crippen molar-refractivity contribution in [1.29, 1.82) is 0 Å². The molecule has 0 saturated heterocycles. The summed E-state index contributed by atoms with van der Waals surface area (Å²) in [6, 6.07) is 0.659. The van der Waals surface area contributed by atoms with Crippen molar-refractivity contribution >= 4 is 16.7 Å². The number of nitrogens with two attached hydrogens (primary N) is 1. The number of aryl methyl sites for hydroxylation is 1. The number of hydrogen-bond donors (Lipinski definition) is 1. The van der Waals surface area contributed by atoms with Crippen molar-refractivity contribution in [3.63, 3.8) is 0 Å². The Morgan fingerprint density at radius 2 is 2.33 bits per heavy atom. The molecule has 1 aliphatic rings. The summed E-state index contributed by atoms with van der Waals surface area (Å²) >= 11 is 1.51. The van der Waals surface area contributed by atoms with E-state index in [9.17, 15) is 0 Å². The Balaban J connectivity index is 2.08. The second-order valence-electron chi connectivity index (χ2n) is 3.91. The predicted molar refractivity (Wildman–Crippen MR) is 63.3 cm³/mol. The van der Waals surface area contributed by atoms with Crippen LogP contribution in [0.25, 0.3) is 0 Å². The highest BCUT2D eigenvalue weighted by Gasteiger charge is 2.26. The third-order valence-corrected chi connectivity index (χ3v) is 3.70. The van der Waals surface area contributed by atoms with Crippen LogP contribution < -0.4 is 10.6 Å². The molecule has 0 radical (unpaired) electrons. The molecule has 0 aromatic carbocycles. The van der Waals surface area contributed by atoms with Gasteiger partial charge in [-0.1, -0.05) is 6.92 Å². The molecule has 0 spiro atoms. The second-order valence-corrected chi connectivity index (χ2v) is 4.64.